The molecule has 6 heteroatoms. The molecule has 0 aromatic heterocycles. The van der Waals surface area contributed by atoms with Crippen molar-refractivity contribution >= 4 is 11.8 Å². The van der Waals surface area contributed by atoms with Crippen molar-refractivity contribution in [2.45, 2.75) is 32.0 Å². The van der Waals surface area contributed by atoms with E-state index in [0.29, 0.717) is 12.2 Å². The molecule has 0 saturated carbocycles. The van der Waals surface area contributed by atoms with Gasteiger partial charge in [0.15, 0.2) is 0 Å². The first-order valence-corrected chi connectivity index (χ1v) is 13.0. The Bertz CT molecular complexity index is 1340. The van der Waals surface area contributed by atoms with Crippen LogP contribution in [0, 0.1) is 0 Å². The molecular weight excluding hydrogens is 488 g/mol. The van der Waals surface area contributed by atoms with Gasteiger partial charge in [0.2, 0.25) is 11.8 Å². The molecule has 0 bridgehead atoms. The summed E-state index contributed by atoms with van der Waals surface area (Å²) in [5.41, 5.74) is 3.59. The Morgan fingerprint density at radius 3 is 2.05 bits per heavy atom. The van der Waals surface area contributed by atoms with Gasteiger partial charge in [-0.25, -0.2) is 0 Å². The summed E-state index contributed by atoms with van der Waals surface area (Å²) in [6.07, 6.45) is 0.867. The molecule has 0 radical (unpaired) electrons. The Morgan fingerprint density at radius 2 is 1.38 bits per heavy atom. The second kappa shape index (κ2) is 13.8. The number of hydrogen-bond donors (Lipinski definition) is 1. The molecule has 4 aromatic rings. The molecule has 6 nitrogen and oxygen atoms in total. The number of nitrogens with zero attached hydrogens (tertiary/aromatic N) is 1. The zero-order chi connectivity index (χ0) is 27.5. The number of nitrogens with one attached hydrogen (secondary N) is 1. The number of benzene rings is 4. The third-order valence-electron chi connectivity index (χ3n) is 6.62. The lowest BCUT2D eigenvalue weighted by Gasteiger charge is -2.32. The Hall–Kier alpha value is -4.58. The number of aryl methyl sites for hydroxylation is 1. The molecule has 0 aliphatic rings. The molecule has 0 aliphatic heterocycles. The fraction of sp³-hybridized carbons (Fsp3) is 0.212. The van der Waals surface area contributed by atoms with Crippen LogP contribution in [0.4, 0.5) is 0 Å². The minimum Gasteiger partial charge on any atom is -0.497 e. The molecular formula is C33H34N2O4. The molecule has 200 valence electrons. The summed E-state index contributed by atoms with van der Waals surface area (Å²) < 4.78 is 10.8. The van der Waals surface area contributed by atoms with E-state index in [4.69, 9.17) is 9.47 Å². The van der Waals surface area contributed by atoms with Crippen LogP contribution < -0.4 is 14.8 Å². The highest BCUT2D eigenvalue weighted by Gasteiger charge is 2.31. The van der Waals surface area contributed by atoms with Crippen LogP contribution in [0.1, 0.15) is 34.7 Å². The van der Waals surface area contributed by atoms with Gasteiger partial charge in [-0.15, -0.1) is 0 Å². The van der Waals surface area contributed by atoms with Crippen LogP contribution in [0.5, 0.6) is 11.5 Å². The van der Waals surface area contributed by atoms with Gasteiger partial charge in [0, 0.05) is 25.1 Å². The fourth-order valence-electron chi connectivity index (χ4n) is 4.53. The van der Waals surface area contributed by atoms with Gasteiger partial charge in [-0.2, -0.15) is 0 Å². The molecule has 39 heavy (non-hydrogen) atoms. The predicted octanol–water partition coefficient (Wildman–Crippen LogP) is 5.72. The van der Waals surface area contributed by atoms with Crippen molar-refractivity contribution in [1.29, 1.82) is 0 Å². The standard InChI is InChI=1S/C33H34N2O4/c1-38-29-20-17-26(18-21-29)24-35(31(36)22-19-25-11-5-3-6-12-25)32(27-13-7-4-8-14-27)33(37)34-23-28-15-9-10-16-30(28)39-2/h3-18,20-21,32H,19,22-24H2,1-2H3,(H,34,37). The van der Waals surface area contributed by atoms with Crippen LogP contribution in [0.2, 0.25) is 0 Å². The van der Waals surface area contributed by atoms with E-state index in [-0.39, 0.29) is 31.3 Å². The first kappa shape index (κ1) is 27.5. The van der Waals surface area contributed by atoms with Gasteiger partial charge in [-0.05, 0) is 41.3 Å². The van der Waals surface area contributed by atoms with Crippen molar-refractivity contribution in [1.82, 2.24) is 10.2 Å². The number of para-hydroxylation sites is 1. The number of methoxy groups -OCH3 is 2. The maximum absolute atomic E-state index is 13.9. The molecule has 1 N–H and O–H groups in total. The van der Waals surface area contributed by atoms with Crippen molar-refractivity contribution in [3.8, 4) is 11.5 Å². The number of hydrogen-bond acceptors (Lipinski definition) is 4. The second-order valence-electron chi connectivity index (χ2n) is 9.20. The number of ether oxygens (including phenoxy) is 2. The van der Waals surface area contributed by atoms with E-state index >= 15 is 0 Å². The zero-order valence-electron chi connectivity index (χ0n) is 22.4. The summed E-state index contributed by atoms with van der Waals surface area (Å²) in [7, 11) is 3.22. The Kier molecular flexibility index (Phi) is 9.73. The van der Waals surface area contributed by atoms with Gasteiger partial charge in [0.1, 0.15) is 17.5 Å². The zero-order valence-corrected chi connectivity index (χ0v) is 22.4. The quantitative estimate of drug-likeness (QED) is 0.258. The summed E-state index contributed by atoms with van der Waals surface area (Å²) >= 11 is 0. The third kappa shape index (κ3) is 7.48. The van der Waals surface area contributed by atoms with Crippen molar-refractivity contribution < 1.29 is 19.1 Å². The summed E-state index contributed by atoms with van der Waals surface area (Å²) in [5.74, 6) is 1.07. The average molecular weight is 523 g/mol. The SMILES string of the molecule is COc1ccc(CN(C(=O)CCc2ccccc2)C(C(=O)NCc2ccccc2OC)c2ccccc2)cc1. The summed E-state index contributed by atoms with van der Waals surface area (Å²) in [4.78, 5) is 29.4. The van der Waals surface area contributed by atoms with E-state index in [2.05, 4.69) is 5.32 Å². The molecule has 4 aromatic carbocycles. The van der Waals surface area contributed by atoms with Crippen LogP contribution in [0.15, 0.2) is 109 Å². The monoisotopic (exact) mass is 522 g/mol. The first-order chi connectivity index (χ1) is 19.1. The molecule has 4 rings (SSSR count). The van der Waals surface area contributed by atoms with E-state index in [1.54, 1.807) is 19.1 Å². The maximum atomic E-state index is 13.9. The van der Waals surface area contributed by atoms with Crippen LogP contribution in [0.25, 0.3) is 0 Å². The Balaban J connectivity index is 1.64. The van der Waals surface area contributed by atoms with E-state index in [0.717, 1.165) is 28.0 Å². The van der Waals surface area contributed by atoms with Crippen molar-refractivity contribution in [3.05, 3.63) is 131 Å². The third-order valence-corrected chi connectivity index (χ3v) is 6.62. The van der Waals surface area contributed by atoms with Crippen molar-refractivity contribution in [2.24, 2.45) is 0 Å². The summed E-state index contributed by atoms with van der Waals surface area (Å²) in [6, 6.07) is 33.7. The van der Waals surface area contributed by atoms with Crippen LogP contribution in [-0.4, -0.2) is 30.9 Å². The minimum absolute atomic E-state index is 0.101. The lowest BCUT2D eigenvalue weighted by molar-refractivity contribution is -0.141. The van der Waals surface area contributed by atoms with Gasteiger partial charge in [0.05, 0.1) is 14.2 Å². The topological polar surface area (TPSA) is 67.9 Å². The van der Waals surface area contributed by atoms with Gasteiger partial charge in [0.25, 0.3) is 0 Å². The summed E-state index contributed by atoms with van der Waals surface area (Å²) in [5, 5.41) is 3.05. The molecule has 0 fully saturated rings. The molecule has 0 heterocycles. The van der Waals surface area contributed by atoms with Crippen LogP contribution >= 0.6 is 0 Å². The molecule has 2 amide bonds. The van der Waals surface area contributed by atoms with E-state index in [9.17, 15) is 9.59 Å². The molecule has 1 atom stereocenters. The highest BCUT2D eigenvalue weighted by Crippen LogP contribution is 2.26. The minimum atomic E-state index is -0.814. The van der Waals surface area contributed by atoms with E-state index < -0.39 is 6.04 Å². The Morgan fingerprint density at radius 1 is 0.744 bits per heavy atom. The van der Waals surface area contributed by atoms with E-state index in [1.165, 1.54) is 0 Å². The van der Waals surface area contributed by atoms with Gasteiger partial charge in [-0.3, -0.25) is 9.59 Å². The largest absolute Gasteiger partial charge is 0.497 e. The first-order valence-electron chi connectivity index (χ1n) is 13.0. The maximum Gasteiger partial charge on any atom is 0.247 e. The Labute approximate surface area is 230 Å². The van der Waals surface area contributed by atoms with Crippen molar-refractivity contribution in [3.63, 3.8) is 0 Å². The molecule has 1 unspecified atom stereocenters. The van der Waals surface area contributed by atoms with Crippen molar-refractivity contribution in [2.75, 3.05) is 14.2 Å². The molecule has 0 aliphatic carbocycles. The lowest BCUT2D eigenvalue weighted by atomic mass is 10.0. The predicted molar refractivity (Wildman–Crippen MR) is 152 cm³/mol. The highest BCUT2D eigenvalue weighted by atomic mass is 16.5. The molecule has 0 spiro atoms. The smallest absolute Gasteiger partial charge is 0.247 e. The van der Waals surface area contributed by atoms with Crippen LogP contribution in [-0.2, 0) is 29.1 Å². The van der Waals surface area contributed by atoms with Gasteiger partial charge < -0.3 is 19.7 Å². The normalized spacial score (nSPS) is 11.3. The van der Waals surface area contributed by atoms with Gasteiger partial charge in [-0.1, -0.05) is 91.0 Å². The van der Waals surface area contributed by atoms with E-state index in [1.807, 2.05) is 109 Å². The lowest BCUT2D eigenvalue weighted by Crippen LogP contribution is -2.43. The summed E-state index contributed by atoms with van der Waals surface area (Å²) in [6.45, 7) is 0.556. The number of carbonyl (C=O) groups excluding carboxylic acids is 2. The number of rotatable bonds is 12. The average Bonchev–Trinajstić information content (AvgIpc) is 3.00. The number of amides is 2. The number of carbonyl (C=O) groups is 2. The molecule has 0 saturated heterocycles. The highest BCUT2D eigenvalue weighted by molar-refractivity contribution is 5.89. The second-order valence-corrected chi connectivity index (χ2v) is 9.20. The fourth-order valence-corrected chi connectivity index (χ4v) is 4.53. The van der Waals surface area contributed by atoms with Crippen LogP contribution in [0.3, 0.4) is 0 Å². The van der Waals surface area contributed by atoms with Gasteiger partial charge >= 0.3 is 0 Å².